The minimum Gasteiger partial charge on any atom is -0.331 e. The van der Waals surface area contributed by atoms with Crippen molar-refractivity contribution < 1.29 is 4.79 Å². The molecule has 0 saturated heterocycles. The standard InChI is InChI=1S/C16H15BrN4O/c1-10-18-14-9-13(6-7-15(14)21(10)2)20-16(22)19-12-5-3-4-11(17)8-12/h3-9H,1-2H3,(H2,19,20,22). The molecule has 1 heterocycles. The number of fused-ring (bicyclic) bond motifs is 1. The van der Waals surface area contributed by atoms with Crippen LogP contribution in [-0.4, -0.2) is 15.6 Å². The molecule has 2 N–H and O–H groups in total. The zero-order chi connectivity index (χ0) is 15.7. The second-order valence-electron chi connectivity index (χ2n) is 5.01. The minimum atomic E-state index is -0.287. The number of benzene rings is 2. The van der Waals surface area contributed by atoms with Gasteiger partial charge in [0, 0.05) is 22.9 Å². The number of rotatable bonds is 2. The molecule has 0 bridgehead atoms. The number of urea groups is 1. The number of carbonyl (C=O) groups excluding carboxylic acids is 1. The smallest absolute Gasteiger partial charge is 0.323 e. The van der Waals surface area contributed by atoms with Crippen molar-refractivity contribution in [3.63, 3.8) is 0 Å². The van der Waals surface area contributed by atoms with Gasteiger partial charge in [0.2, 0.25) is 0 Å². The van der Waals surface area contributed by atoms with Gasteiger partial charge in [-0.05, 0) is 43.3 Å². The fourth-order valence-electron chi connectivity index (χ4n) is 2.26. The van der Waals surface area contributed by atoms with E-state index in [4.69, 9.17) is 0 Å². The van der Waals surface area contributed by atoms with E-state index in [-0.39, 0.29) is 6.03 Å². The first-order valence-electron chi connectivity index (χ1n) is 6.79. The number of aromatic nitrogens is 2. The molecule has 1 aromatic heterocycles. The van der Waals surface area contributed by atoms with E-state index in [9.17, 15) is 4.79 Å². The van der Waals surface area contributed by atoms with E-state index in [1.165, 1.54) is 0 Å². The zero-order valence-corrected chi connectivity index (χ0v) is 13.8. The van der Waals surface area contributed by atoms with Crippen LogP contribution >= 0.6 is 15.9 Å². The van der Waals surface area contributed by atoms with Crippen molar-refractivity contribution >= 4 is 44.4 Å². The predicted octanol–water partition coefficient (Wildman–Crippen LogP) is 4.29. The Morgan fingerprint density at radius 1 is 1.14 bits per heavy atom. The highest BCUT2D eigenvalue weighted by Gasteiger charge is 2.07. The minimum absolute atomic E-state index is 0.287. The molecule has 3 aromatic rings. The summed E-state index contributed by atoms with van der Waals surface area (Å²) < 4.78 is 2.93. The molecule has 5 nitrogen and oxygen atoms in total. The number of hydrogen-bond donors (Lipinski definition) is 2. The highest BCUT2D eigenvalue weighted by Crippen LogP contribution is 2.20. The molecule has 0 saturated carbocycles. The number of amides is 2. The molecular weight excluding hydrogens is 344 g/mol. The van der Waals surface area contributed by atoms with Crippen LogP contribution in [0.1, 0.15) is 5.82 Å². The average molecular weight is 359 g/mol. The molecule has 22 heavy (non-hydrogen) atoms. The molecule has 0 spiro atoms. The number of hydrogen-bond acceptors (Lipinski definition) is 2. The molecule has 112 valence electrons. The molecule has 2 aromatic carbocycles. The van der Waals surface area contributed by atoms with Crippen molar-refractivity contribution in [2.45, 2.75) is 6.92 Å². The van der Waals surface area contributed by atoms with Crippen LogP contribution < -0.4 is 10.6 Å². The fraction of sp³-hybridized carbons (Fsp3) is 0.125. The molecule has 0 aliphatic rings. The Hall–Kier alpha value is -2.34. The molecule has 0 fully saturated rings. The summed E-state index contributed by atoms with van der Waals surface area (Å²) in [5.74, 6) is 0.936. The van der Waals surface area contributed by atoms with Crippen LogP contribution in [0.25, 0.3) is 11.0 Å². The Balaban J connectivity index is 1.76. The van der Waals surface area contributed by atoms with Gasteiger partial charge in [0.15, 0.2) is 0 Å². The van der Waals surface area contributed by atoms with Gasteiger partial charge >= 0.3 is 6.03 Å². The Morgan fingerprint density at radius 2 is 1.86 bits per heavy atom. The maximum Gasteiger partial charge on any atom is 0.323 e. The Labute approximate surface area is 136 Å². The number of halogens is 1. The van der Waals surface area contributed by atoms with E-state index < -0.39 is 0 Å². The topological polar surface area (TPSA) is 59.0 Å². The second kappa shape index (κ2) is 5.81. The number of nitrogens with one attached hydrogen (secondary N) is 2. The lowest BCUT2D eigenvalue weighted by Crippen LogP contribution is -2.19. The van der Waals surface area contributed by atoms with Crippen LogP contribution in [0, 0.1) is 6.92 Å². The van der Waals surface area contributed by atoms with Crippen LogP contribution in [0.3, 0.4) is 0 Å². The summed E-state index contributed by atoms with van der Waals surface area (Å²) in [5, 5.41) is 5.61. The lowest BCUT2D eigenvalue weighted by atomic mass is 10.2. The van der Waals surface area contributed by atoms with Gasteiger partial charge in [-0.15, -0.1) is 0 Å². The van der Waals surface area contributed by atoms with Crippen LogP contribution in [0.5, 0.6) is 0 Å². The summed E-state index contributed by atoms with van der Waals surface area (Å²) in [6.07, 6.45) is 0. The number of nitrogens with zero attached hydrogens (tertiary/aromatic N) is 2. The van der Waals surface area contributed by atoms with E-state index in [1.807, 2.05) is 61.0 Å². The summed E-state index contributed by atoms with van der Waals surface area (Å²) >= 11 is 3.37. The molecule has 0 atom stereocenters. The van der Waals surface area contributed by atoms with Crippen LogP contribution in [-0.2, 0) is 7.05 Å². The normalized spacial score (nSPS) is 10.7. The van der Waals surface area contributed by atoms with E-state index in [0.717, 1.165) is 27.0 Å². The van der Waals surface area contributed by atoms with Gasteiger partial charge in [-0.2, -0.15) is 0 Å². The summed E-state index contributed by atoms with van der Waals surface area (Å²) in [6, 6.07) is 12.8. The highest BCUT2D eigenvalue weighted by molar-refractivity contribution is 9.10. The lowest BCUT2D eigenvalue weighted by molar-refractivity contribution is 0.262. The first kappa shape index (κ1) is 14.6. The third-order valence-corrected chi connectivity index (χ3v) is 3.94. The van der Waals surface area contributed by atoms with Crippen LogP contribution in [0.4, 0.5) is 16.2 Å². The maximum absolute atomic E-state index is 12.0. The molecule has 6 heteroatoms. The van der Waals surface area contributed by atoms with Gasteiger partial charge in [0.25, 0.3) is 0 Å². The first-order valence-corrected chi connectivity index (χ1v) is 7.59. The SMILES string of the molecule is Cc1nc2cc(NC(=O)Nc3cccc(Br)c3)ccc2n1C. The average Bonchev–Trinajstić information content (AvgIpc) is 2.73. The summed E-state index contributed by atoms with van der Waals surface area (Å²) in [4.78, 5) is 16.5. The van der Waals surface area contributed by atoms with Crippen molar-refractivity contribution in [2.24, 2.45) is 7.05 Å². The molecule has 0 aliphatic carbocycles. The molecule has 2 amide bonds. The molecular formula is C16H15BrN4O. The fourth-order valence-corrected chi connectivity index (χ4v) is 2.66. The maximum atomic E-state index is 12.0. The number of anilines is 2. The van der Waals surface area contributed by atoms with Gasteiger partial charge in [0.1, 0.15) is 5.82 Å². The van der Waals surface area contributed by atoms with Gasteiger partial charge < -0.3 is 15.2 Å². The third kappa shape index (κ3) is 2.96. The predicted molar refractivity (Wildman–Crippen MR) is 92.2 cm³/mol. The Bertz CT molecular complexity index is 856. The van der Waals surface area contributed by atoms with Crippen LogP contribution in [0.2, 0.25) is 0 Å². The Morgan fingerprint density at radius 3 is 2.59 bits per heavy atom. The van der Waals surface area contributed by atoms with Gasteiger partial charge in [-0.3, -0.25) is 0 Å². The van der Waals surface area contributed by atoms with E-state index >= 15 is 0 Å². The van der Waals surface area contributed by atoms with Crippen molar-refractivity contribution in [1.82, 2.24) is 9.55 Å². The van der Waals surface area contributed by atoms with Crippen molar-refractivity contribution in [3.05, 3.63) is 52.8 Å². The lowest BCUT2D eigenvalue weighted by Gasteiger charge is -2.08. The number of imidazole rings is 1. The second-order valence-corrected chi connectivity index (χ2v) is 5.93. The Kier molecular flexibility index (Phi) is 3.85. The molecule has 3 rings (SSSR count). The van der Waals surface area contributed by atoms with E-state index in [1.54, 1.807) is 0 Å². The summed E-state index contributed by atoms with van der Waals surface area (Å²) in [5.41, 5.74) is 3.33. The first-order chi connectivity index (χ1) is 10.5. The van der Waals surface area contributed by atoms with Crippen molar-refractivity contribution in [3.8, 4) is 0 Å². The molecule has 0 unspecified atom stereocenters. The van der Waals surface area contributed by atoms with Crippen LogP contribution in [0.15, 0.2) is 46.9 Å². The van der Waals surface area contributed by atoms with Gasteiger partial charge in [-0.1, -0.05) is 22.0 Å². The van der Waals surface area contributed by atoms with E-state index in [2.05, 4.69) is 31.5 Å². The van der Waals surface area contributed by atoms with E-state index in [0.29, 0.717) is 5.69 Å². The zero-order valence-electron chi connectivity index (χ0n) is 12.2. The summed E-state index contributed by atoms with van der Waals surface area (Å²) in [6.45, 7) is 1.95. The quantitative estimate of drug-likeness (QED) is 0.717. The third-order valence-electron chi connectivity index (χ3n) is 3.44. The highest BCUT2D eigenvalue weighted by atomic mass is 79.9. The molecule has 0 aliphatic heterocycles. The largest absolute Gasteiger partial charge is 0.331 e. The molecule has 0 radical (unpaired) electrons. The monoisotopic (exact) mass is 358 g/mol. The van der Waals surface area contributed by atoms with Crippen molar-refractivity contribution in [2.75, 3.05) is 10.6 Å². The number of aryl methyl sites for hydroxylation is 2. The van der Waals surface area contributed by atoms with Gasteiger partial charge in [-0.25, -0.2) is 9.78 Å². The number of carbonyl (C=O) groups is 1. The summed E-state index contributed by atoms with van der Waals surface area (Å²) in [7, 11) is 1.97. The van der Waals surface area contributed by atoms with Gasteiger partial charge in [0.05, 0.1) is 11.0 Å². The van der Waals surface area contributed by atoms with Crippen molar-refractivity contribution in [1.29, 1.82) is 0 Å².